The molecule has 1 N–H and O–H groups in total. The number of sulfonamides is 1. The number of carbonyl (C=O) groups is 1. The molecule has 0 unspecified atom stereocenters. The Balaban J connectivity index is 1.92. The number of carbonyl (C=O) groups excluding carboxylic acids is 1. The first-order valence-electron chi connectivity index (χ1n) is 8.74. The van der Waals surface area contributed by atoms with Gasteiger partial charge in [-0.05, 0) is 43.2 Å². The molecule has 28 heavy (non-hydrogen) atoms. The molecule has 9 heteroatoms. The molecule has 0 spiro atoms. The lowest BCUT2D eigenvalue weighted by Crippen LogP contribution is -2.24. The summed E-state index contributed by atoms with van der Waals surface area (Å²) in [5.41, 5.74) is 1.43. The third-order valence-corrected chi connectivity index (χ3v) is 5.42. The molecule has 3 rings (SSSR count). The Bertz CT molecular complexity index is 1180. The highest BCUT2D eigenvalue weighted by Crippen LogP contribution is 2.22. The van der Waals surface area contributed by atoms with Crippen LogP contribution in [0.3, 0.4) is 0 Å². The average molecular weight is 404 g/mol. The molecular formula is C19H20N2O6S. The predicted molar refractivity (Wildman–Crippen MR) is 104 cm³/mol. The number of oxazole rings is 1. The van der Waals surface area contributed by atoms with Crippen LogP contribution in [0.15, 0.2) is 56.6 Å². The summed E-state index contributed by atoms with van der Waals surface area (Å²) in [5.74, 6) is -0.933. The van der Waals surface area contributed by atoms with Crippen LogP contribution in [0.4, 0.5) is 10.5 Å². The van der Waals surface area contributed by atoms with Crippen molar-refractivity contribution >= 4 is 32.9 Å². The number of nitrogens with one attached hydrogen (secondary N) is 1. The van der Waals surface area contributed by atoms with E-state index in [0.717, 1.165) is 16.6 Å². The van der Waals surface area contributed by atoms with E-state index in [0.29, 0.717) is 12.1 Å². The fraction of sp³-hybridized carbons (Fsp3) is 0.263. The fourth-order valence-corrected chi connectivity index (χ4v) is 3.69. The summed E-state index contributed by atoms with van der Waals surface area (Å²) in [6.07, 6.45) is 0.651. The van der Waals surface area contributed by atoms with Crippen LogP contribution < -0.4 is 10.5 Å². The van der Waals surface area contributed by atoms with Crippen LogP contribution in [-0.4, -0.2) is 25.7 Å². The molecule has 0 bridgehead atoms. The highest BCUT2D eigenvalue weighted by atomic mass is 32.2. The van der Waals surface area contributed by atoms with Crippen LogP contribution in [-0.2, 0) is 14.8 Å². The minimum atomic E-state index is -3.90. The van der Waals surface area contributed by atoms with Crippen molar-refractivity contribution in [3.8, 4) is 0 Å². The monoisotopic (exact) mass is 404 g/mol. The molecule has 8 nitrogen and oxygen atoms in total. The zero-order chi connectivity index (χ0) is 20.3. The second kappa shape index (κ2) is 7.89. The summed E-state index contributed by atoms with van der Waals surface area (Å²) in [4.78, 5) is 24.1. The molecule has 0 aliphatic carbocycles. The Morgan fingerprint density at radius 1 is 1.21 bits per heavy atom. The van der Waals surface area contributed by atoms with Crippen LogP contribution in [0, 0.1) is 6.92 Å². The van der Waals surface area contributed by atoms with E-state index >= 15 is 0 Å². The second-order valence-corrected chi connectivity index (χ2v) is 7.96. The van der Waals surface area contributed by atoms with Crippen LogP contribution in [0.25, 0.3) is 11.1 Å². The number of unbranched alkanes of at least 4 members (excludes halogenated alkanes) is 1. The molecule has 0 fully saturated rings. The van der Waals surface area contributed by atoms with Crippen LogP contribution in [0.5, 0.6) is 0 Å². The molecule has 0 aliphatic heterocycles. The maximum atomic E-state index is 12.6. The lowest BCUT2D eigenvalue weighted by Gasteiger charge is -2.08. The number of rotatable bonds is 6. The fourth-order valence-electron chi connectivity index (χ4n) is 2.63. The second-order valence-electron chi connectivity index (χ2n) is 6.28. The van der Waals surface area contributed by atoms with Gasteiger partial charge in [-0.3, -0.25) is 4.72 Å². The summed E-state index contributed by atoms with van der Waals surface area (Å²) in [5, 5.41) is 0. The first-order chi connectivity index (χ1) is 13.3. The lowest BCUT2D eigenvalue weighted by molar-refractivity contribution is 0.145. The molecule has 1 aromatic heterocycles. The quantitative estimate of drug-likeness (QED) is 0.630. The summed E-state index contributed by atoms with van der Waals surface area (Å²) in [6, 6.07) is 10.7. The average Bonchev–Trinajstić information content (AvgIpc) is 2.96. The number of benzene rings is 2. The van der Waals surface area contributed by atoms with E-state index in [2.05, 4.69) is 4.72 Å². The van der Waals surface area contributed by atoms with E-state index in [1.807, 2.05) is 19.9 Å². The summed E-state index contributed by atoms with van der Waals surface area (Å²) >= 11 is 0. The molecule has 0 saturated carbocycles. The van der Waals surface area contributed by atoms with Crippen molar-refractivity contribution in [1.82, 2.24) is 4.57 Å². The van der Waals surface area contributed by atoms with Crippen molar-refractivity contribution in [2.24, 2.45) is 0 Å². The summed E-state index contributed by atoms with van der Waals surface area (Å²) < 4.78 is 38.6. The van der Waals surface area contributed by atoms with Gasteiger partial charge < -0.3 is 9.15 Å². The van der Waals surface area contributed by atoms with Gasteiger partial charge in [0.1, 0.15) is 5.52 Å². The number of nitrogens with zero attached hydrogens (tertiary/aromatic N) is 1. The Kier molecular flexibility index (Phi) is 5.55. The Morgan fingerprint density at radius 2 is 2.00 bits per heavy atom. The van der Waals surface area contributed by atoms with E-state index in [9.17, 15) is 18.0 Å². The Hall–Kier alpha value is -3.07. The number of ether oxygens (including phenoxy) is 1. The van der Waals surface area contributed by atoms with E-state index in [1.54, 1.807) is 18.2 Å². The molecule has 0 atom stereocenters. The van der Waals surface area contributed by atoms with Gasteiger partial charge in [-0.25, -0.2) is 18.0 Å². The van der Waals surface area contributed by atoms with E-state index in [-0.39, 0.29) is 22.6 Å². The molecule has 0 radical (unpaired) electrons. The van der Waals surface area contributed by atoms with Crippen molar-refractivity contribution in [3.63, 3.8) is 0 Å². The van der Waals surface area contributed by atoms with Gasteiger partial charge >= 0.3 is 11.8 Å². The summed E-state index contributed by atoms with van der Waals surface area (Å²) in [7, 11) is -3.90. The highest BCUT2D eigenvalue weighted by Gasteiger charge is 2.21. The van der Waals surface area contributed by atoms with Crippen molar-refractivity contribution in [2.45, 2.75) is 31.6 Å². The van der Waals surface area contributed by atoms with Crippen LogP contribution >= 0.6 is 0 Å². The minimum Gasteiger partial charge on any atom is -0.449 e. The van der Waals surface area contributed by atoms with Gasteiger partial charge in [-0.2, -0.15) is 4.57 Å². The number of aromatic nitrogens is 1. The number of hydrogen-bond donors (Lipinski definition) is 1. The van der Waals surface area contributed by atoms with Gasteiger partial charge in [0.15, 0.2) is 5.58 Å². The van der Waals surface area contributed by atoms with Gasteiger partial charge in [-0.1, -0.05) is 25.5 Å². The van der Waals surface area contributed by atoms with Crippen molar-refractivity contribution in [1.29, 1.82) is 0 Å². The van der Waals surface area contributed by atoms with E-state index < -0.39 is 21.9 Å². The number of aryl methyl sites for hydroxylation is 1. The predicted octanol–water partition coefficient (Wildman–Crippen LogP) is 3.49. The molecule has 0 amide bonds. The lowest BCUT2D eigenvalue weighted by atomic mass is 10.2. The van der Waals surface area contributed by atoms with E-state index in [4.69, 9.17) is 9.15 Å². The van der Waals surface area contributed by atoms with E-state index in [1.165, 1.54) is 18.2 Å². The normalized spacial score (nSPS) is 11.5. The maximum Gasteiger partial charge on any atom is 0.429 e. The molecule has 2 aromatic carbocycles. The van der Waals surface area contributed by atoms with Gasteiger partial charge in [0.25, 0.3) is 10.0 Å². The SMILES string of the molecule is CCCCOC(=O)n1c(=O)oc2cc(S(=O)(=O)Nc3cccc(C)c3)ccc21. The Labute approximate surface area is 161 Å². The zero-order valence-corrected chi connectivity index (χ0v) is 16.3. The molecule has 3 aromatic rings. The highest BCUT2D eigenvalue weighted by molar-refractivity contribution is 7.92. The van der Waals surface area contributed by atoms with Gasteiger partial charge in [0.05, 0.1) is 11.5 Å². The standard InChI is InChI=1S/C19H20N2O6S/c1-3-4-10-26-18(22)21-16-9-8-15(12-17(16)27-19(21)23)28(24,25)20-14-7-5-6-13(2)11-14/h5-9,11-12,20H,3-4,10H2,1-2H3. The smallest absolute Gasteiger partial charge is 0.429 e. The first kappa shape index (κ1) is 19.7. The van der Waals surface area contributed by atoms with Crippen molar-refractivity contribution in [2.75, 3.05) is 11.3 Å². The summed E-state index contributed by atoms with van der Waals surface area (Å²) in [6.45, 7) is 3.97. The third-order valence-electron chi connectivity index (χ3n) is 4.04. The number of anilines is 1. The van der Waals surface area contributed by atoms with Crippen LogP contribution in [0.1, 0.15) is 25.3 Å². The molecule has 0 saturated heterocycles. The molecule has 0 aliphatic rings. The molecular weight excluding hydrogens is 384 g/mol. The molecule has 148 valence electrons. The largest absolute Gasteiger partial charge is 0.449 e. The van der Waals surface area contributed by atoms with Crippen LogP contribution in [0.2, 0.25) is 0 Å². The molecule has 1 heterocycles. The van der Waals surface area contributed by atoms with Gasteiger partial charge in [0, 0.05) is 11.8 Å². The number of hydrogen-bond acceptors (Lipinski definition) is 6. The van der Waals surface area contributed by atoms with Crippen molar-refractivity contribution < 1.29 is 22.4 Å². The third kappa shape index (κ3) is 4.09. The van der Waals surface area contributed by atoms with Gasteiger partial charge in [0.2, 0.25) is 0 Å². The Morgan fingerprint density at radius 3 is 2.71 bits per heavy atom. The minimum absolute atomic E-state index is 0.0236. The van der Waals surface area contributed by atoms with Gasteiger partial charge in [-0.15, -0.1) is 0 Å². The number of fused-ring (bicyclic) bond motifs is 1. The van der Waals surface area contributed by atoms with Crippen molar-refractivity contribution in [3.05, 3.63) is 58.6 Å². The first-order valence-corrected chi connectivity index (χ1v) is 10.2. The zero-order valence-electron chi connectivity index (χ0n) is 15.5. The topological polar surface area (TPSA) is 108 Å². The maximum absolute atomic E-state index is 12.6.